The van der Waals surface area contributed by atoms with Crippen molar-refractivity contribution in [1.29, 1.82) is 0 Å². The van der Waals surface area contributed by atoms with E-state index in [1.165, 1.54) is 0 Å². The summed E-state index contributed by atoms with van der Waals surface area (Å²) >= 11 is 6.04. The molecule has 0 fully saturated rings. The Labute approximate surface area is 192 Å². The third-order valence-corrected chi connectivity index (χ3v) is 5.41. The van der Waals surface area contributed by atoms with Crippen LogP contribution in [0.2, 0.25) is 5.02 Å². The predicted octanol–water partition coefficient (Wildman–Crippen LogP) is 2.78. The summed E-state index contributed by atoms with van der Waals surface area (Å²) in [5.74, 6) is -0.531. The molecule has 0 radical (unpaired) electrons. The van der Waals surface area contributed by atoms with E-state index >= 15 is 0 Å². The Morgan fingerprint density at radius 2 is 1.84 bits per heavy atom. The summed E-state index contributed by atoms with van der Waals surface area (Å²) in [6.45, 7) is 7.33. The van der Waals surface area contributed by atoms with Crippen molar-refractivity contribution in [3.05, 3.63) is 53.1 Å². The number of fused-ring (bicyclic) bond motifs is 1. The molecule has 32 heavy (non-hydrogen) atoms. The molecule has 0 saturated heterocycles. The number of amides is 2. The van der Waals surface area contributed by atoms with Crippen LogP contribution in [-0.4, -0.2) is 62.0 Å². The highest BCUT2D eigenvalue weighted by molar-refractivity contribution is 6.31. The van der Waals surface area contributed by atoms with Gasteiger partial charge in [-0.1, -0.05) is 25.4 Å². The average molecular weight is 459 g/mol. The summed E-state index contributed by atoms with van der Waals surface area (Å²) in [5.41, 5.74) is 1.66. The molecular formula is C23H27ClN4O4. The van der Waals surface area contributed by atoms with Crippen molar-refractivity contribution in [1.82, 2.24) is 10.2 Å². The number of esters is 1. The largest absolute Gasteiger partial charge is 0.423 e. The number of hydrogen-bond acceptors (Lipinski definition) is 6. The van der Waals surface area contributed by atoms with Crippen LogP contribution in [0.5, 0.6) is 5.75 Å². The van der Waals surface area contributed by atoms with E-state index in [1.54, 1.807) is 47.4 Å². The van der Waals surface area contributed by atoms with Gasteiger partial charge in [0.05, 0.1) is 12.2 Å². The lowest BCUT2D eigenvalue weighted by molar-refractivity contribution is -0.133. The molecule has 2 aromatic carbocycles. The second-order valence-electron chi connectivity index (χ2n) is 7.35. The highest BCUT2D eigenvalue weighted by Gasteiger charge is 2.26. The van der Waals surface area contributed by atoms with Gasteiger partial charge in [0.15, 0.2) is 5.75 Å². The number of ether oxygens (including phenoxy) is 1. The van der Waals surface area contributed by atoms with Gasteiger partial charge < -0.3 is 25.2 Å². The quantitative estimate of drug-likeness (QED) is 0.443. The van der Waals surface area contributed by atoms with Crippen LogP contribution in [0.1, 0.15) is 24.2 Å². The standard InChI is InChI=1S/C23H27ClN4O4/c1-3-27(4-2)12-11-25-23(31)16-5-8-18(9-6-16)26-21(29)14-28-15-22(30)32-20-10-7-17(24)13-19(20)28/h5-10,13H,3-4,11-12,14-15H2,1-2H3,(H,25,31)(H,26,29). The molecule has 1 aliphatic heterocycles. The first-order valence-corrected chi connectivity index (χ1v) is 10.9. The van der Waals surface area contributed by atoms with Crippen molar-refractivity contribution < 1.29 is 19.1 Å². The molecule has 0 unspecified atom stereocenters. The number of nitrogens with one attached hydrogen (secondary N) is 2. The van der Waals surface area contributed by atoms with Crippen molar-refractivity contribution in [2.24, 2.45) is 0 Å². The second-order valence-corrected chi connectivity index (χ2v) is 7.79. The van der Waals surface area contributed by atoms with E-state index in [4.69, 9.17) is 16.3 Å². The van der Waals surface area contributed by atoms with E-state index in [-0.39, 0.29) is 24.9 Å². The summed E-state index contributed by atoms with van der Waals surface area (Å²) in [6, 6.07) is 11.6. The van der Waals surface area contributed by atoms with E-state index in [0.29, 0.717) is 34.3 Å². The first-order valence-electron chi connectivity index (χ1n) is 10.5. The van der Waals surface area contributed by atoms with Crippen LogP contribution >= 0.6 is 11.6 Å². The Morgan fingerprint density at radius 3 is 2.53 bits per heavy atom. The van der Waals surface area contributed by atoms with Gasteiger partial charge in [0.2, 0.25) is 5.91 Å². The fraction of sp³-hybridized carbons (Fsp3) is 0.348. The summed E-state index contributed by atoms with van der Waals surface area (Å²) < 4.78 is 5.19. The molecule has 2 N–H and O–H groups in total. The summed E-state index contributed by atoms with van der Waals surface area (Å²) in [4.78, 5) is 40.5. The minimum atomic E-state index is -0.441. The van der Waals surface area contributed by atoms with Crippen LogP contribution in [0.3, 0.4) is 0 Å². The summed E-state index contributed by atoms with van der Waals surface area (Å²) in [5, 5.41) is 6.17. The predicted molar refractivity (Wildman–Crippen MR) is 124 cm³/mol. The molecule has 0 saturated carbocycles. The minimum Gasteiger partial charge on any atom is -0.423 e. The van der Waals surface area contributed by atoms with Crippen LogP contribution in [0.4, 0.5) is 11.4 Å². The molecule has 2 aromatic rings. The molecular weight excluding hydrogens is 432 g/mol. The van der Waals surface area contributed by atoms with Gasteiger partial charge in [0, 0.05) is 29.4 Å². The van der Waals surface area contributed by atoms with E-state index in [2.05, 4.69) is 29.4 Å². The van der Waals surface area contributed by atoms with Crippen LogP contribution in [0, 0.1) is 0 Å². The van der Waals surface area contributed by atoms with Crippen LogP contribution in [0.15, 0.2) is 42.5 Å². The third-order valence-electron chi connectivity index (χ3n) is 5.18. The van der Waals surface area contributed by atoms with Gasteiger partial charge in [-0.3, -0.25) is 9.59 Å². The monoisotopic (exact) mass is 458 g/mol. The first kappa shape index (κ1) is 23.6. The maximum Gasteiger partial charge on any atom is 0.331 e. The molecule has 170 valence electrons. The molecule has 8 nitrogen and oxygen atoms in total. The van der Waals surface area contributed by atoms with Gasteiger partial charge >= 0.3 is 5.97 Å². The summed E-state index contributed by atoms with van der Waals surface area (Å²) in [6.07, 6.45) is 0. The van der Waals surface area contributed by atoms with Gasteiger partial charge in [-0.05, 0) is 55.6 Å². The molecule has 1 aliphatic rings. The number of halogens is 1. The topological polar surface area (TPSA) is 91.0 Å². The average Bonchev–Trinajstić information content (AvgIpc) is 2.77. The van der Waals surface area contributed by atoms with E-state index in [9.17, 15) is 14.4 Å². The lowest BCUT2D eigenvalue weighted by Crippen LogP contribution is -2.41. The van der Waals surface area contributed by atoms with Crippen molar-refractivity contribution >= 4 is 40.8 Å². The SMILES string of the molecule is CCN(CC)CCNC(=O)c1ccc(NC(=O)CN2CC(=O)Oc3ccc(Cl)cc32)cc1. The van der Waals surface area contributed by atoms with Gasteiger partial charge in [0.25, 0.3) is 5.91 Å². The normalized spacial score (nSPS) is 12.9. The van der Waals surface area contributed by atoms with E-state index < -0.39 is 5.97 Å². The van der Waals surface area contributed by atoms with Gasteiger partial charge in [-0.2, -0.15) is 0 Å². The number of hydrogen-bond donors (Lipinski definition) is 2. The fourth-order valence-electron chi connectivity index (χ4n) is 3.41. The molecule has 3 rings (SSSR count). The van der Waals surface area contributed by atoms with Crippen molar-refractivity contribution in [3.63, 3.8) is 0 Å². The Bertz CT molecular complexity index is 976. The Balaban J connectivity index is 1.55. The Kier molecular flexibility index (Phi) is 8.08. The zero-order valence-electron chi connectivity index (χ0n) is 18.2. The lowest BCUT2D eigenvalue weighted by Gasteiger charge is -2.29. The highest BCUT2D eigenvalue weighted by Crippen LogP contribution is 2.34. The molecule has 0 aliphatic carbocycles. The van der Waals surface area contributed by atoms with Crippen LogP contribution in [0.25, 0.3) is 0 Å². The van der Waals surface area contributed by atoms with Gasteiger partial charge in [-0.15, -0.1) is 0 Å². The Morgan fingerprint density at radius 1 is 1.12 bits per heavy atom. The zero-order chi connectivity index (χ0) is 23.1. The number of rotatable bonds is 9. The molecule has 0 atom stereocenters. The maximum absolute atomic E-state index is 12.5. The second kappa shape index (κ2) is 11.0. The number of anilines is 2. The number of carbonyl (C=O) groups is 3. The maximum atomic E-state index is 12.5. The molecule has 0 bridgehead atoms. The third kappa shape index (κ3) is 6.21. The van der Waals surface area contributed by atoms with Gasteiger partial charge in [0.1, 0.15) is 6.54 Å². The number of nitrogens with zero attached hydrogens (tertiary/aromatic N) is 2. The molecule has 0 spiro atoms. The molecule has 1 heterocycles. The van der Waals surface area contributed by atoms with E-state index in [0.717, 1.165) is 19.6 Å². The number of carbonyl (C=O) groups excluding carboxylic acids is 3. The Hall–Kier alpha value is -3.10. The highest BCUT2D eigenvalue weighted by atomic mass is 35.5. The van der Waals surface area contributed by atoms with Crippen molar-refractivity contribution in [2.75, 3.05) is 49.5 Å². The number of likely N-dealkylation sites (N-methyl/N-ethyl adjacent to an activating group) is 1. The lowest BCUT2D eigenvalue weighted by atomic mass is 10.2. The molecule has 2 amide bonds. The fourth-order valence-corrected chi connectivity index (χ4v) is 3.58. The summed E-state index contributed by atoms with van der Waals surface area (Å²) in [7, 11) is 0. The first-order chi connectivity index (χ1) is 15.4. The molecule has 9 heteroatoms. The minimum absolute atomic E-state index is 0.0456. The van der Waals surface area contributed by atoms with Crippen molar-refractivity contribution in [3.8, 4) is 5.75 Å². The van der Waals surface area contributed by atoms with Gasteiger partial charge in [-0.25, -0.2) is 4.79 Å². The molecule has 0 aromatic heterocycles. The van der Waals surface area contributed by atoms with Crippen LogP contribution < -0.4 is 20.3 Å². The van der Waals surface area contributed by atoms with E-state index in [1.807, 2.05) is 0 Å². The van der Waals surface area contributed by atoms with Crippen LogP contribution in [-0.2, 0) is 9.59 Å². The number of benzene rings is 2. The smallest absolute Gasteiger partial charge is 0.331 e. The van der Waals surface area contributed by atoms with Crippen molar-refractivity contribution in [2.45, 2.75) is 13.8 Å². The zero-order valence-corrected chi connectivity index (χ0v) is 18.9.